The molecule has 0 atom stereocenters. The largest absolute Gasteiger partial charge is 0.368 e. The molecule has 3 N–H and O–H groups in total. The lowest BCUT2D eigenvalue weighted by Crippen LogP contribution is -2.18. The lowest BCUT2D eigenvalue weighted by atomic mass is 9.94. The number of benzene rings is 2. The van der Waals surface area contributed by atoms with Gasteiger partial charge < -0.3 is 15.9 Å². The van der Waals surface area contributed by atoms with Gasteiger partial charge in [0.05, 0.1) is 23.0 Å². The van der Waals surface area contributed by atoms with E-state index in [1.807, 2.05) is 24.3 Å². The molecule has 34 heavy (non-hydrogen) atoms. The van der Waals surface area contributed by atoms with Crippen LogP contribution in [0, 0.1) is 12.4 Å². The molecule has 1 aliphatic carbocycles. The van der Waals surface area contributed by atoms with Crippen molar-refractivity contribution in [1.29, 1.82) is 0 Å². The number of anilines is 1. The van der Waals surface area contributed by atoms with E-state index in [9.17, 15) is 14.0 Å². The molecule has 8 nitrogen and oxygen atoms in total. The third-order valence-corrected chi connectivity index (χ3v) is 5.93. The molecule has 1 fully saturated rings. The highest BCUT2D eigenvalue weighted by atomic mass is 19.1. The van der Waals surface area contributed by atoms with E-state index in [1.165, 1.54) is 35.4 Å². The Hall–Kier alpha value is -4.58. The molecule has 1 aliphatic rings. The molecule has 4 aromatic rings. The third kappa shape index (κ3) is 3.86. The number of fused-ring (bicyclic) bond motifs is 1. The average molecular weight is 454 g/mol. The van der Waals surface area contributed by atoms with E-state index in [4.69, 9.17) is 12.3 Å². The zero-order valence-corrected chi connectivity index (χ0v) is 18.0. The van der Waals surface area contributed by atoms with Gasteiger partial charge in [-0.15, -0.1) is 0 Å². The van der Waals surface area contributed by atoms with Crippen LogP contribution in [0.5, 0.6) is 0 Å². The summed E-state index contributed by atoms with van der Waals surface area (Å²) < 4.78 is 15.5. The van der Waals surface area contributed by atoms with Gasteiger partial charge in [0.1, 0.15) is 12.4 Å². The van der Waals surface area contributed by atoms with Crippen LogP contribution in [0.4, 0.5) is 10.1 Å². The molecule has 0 unspecified atom stereocenters. The second-order valence-electron chi connectivity index (χ2n) is 8.28. The second-order valence-corrected chi connectivity index (χ2v) is 8.28. The molecule has 2 heterocycles. The first-order valence-corrected chi connectivity index (χ1v) is 10.6. The highest BCUT2D eigenvalue weighted by Gasteiger charge is 2.52. The van der Waals surface area contributed by atoms with E-state index in [0.29, 0.717) is 27.7 Å². The van der Waals surface area contributed by atoms with Gasteiger partial charge in [-0.2, -0.15) is 5.10 Å². The highest BCUT2D eigenvalue weighted by Crippen LogP contribution is 2.50. The smallest absolute Gasteiger partial charge is 0.258 e. The normalized spacial score (nSPS) is 13.9. The van der Waals surface area contributed by atoms with Crippen LogP contribution in [0.25, 0.3) is 26.9 Å². The van der Waals surface area contributed by atoms with Crippen molar-refractivity contribution in [3.8, 4) is 11.1 Å². The number of hydrogen-bond donors (Lipinski definition) is 2. The zero-order valence-electron chi connectivity index (χ0n) is 18.0. The monoisotopic (exact) mass is 454 g/mol. The molecule has 5 rings (SSSR count). The van der Waals surface area contributed by atoms with E-state index in [-0.39, 0.29) is 12.1 Å². The van der Waals surface area contributed by atoms with E-state index in [1.54, 1.807) is 6.07 Å². The van der Waals surface area contributed by atoms with Crippen molar-refractivity contribution in [2.75, 3.05) is 5.32 Å². The Morgan fingerprint density at radius 2 is 1.94 bits per heavy atom. The average Bonchev–Trinajstić information content (AvgIpc) is 3.52. The number of amides is 2. The van der Waals surface area contributed by atoms with Crippen LogP contribution in [0.3, 0.4) is 0 Å². The maximum absolute atomic E-state index is 14.2. The highest BCUT2D eigenvalue weighted by molar-refractivity contribution is 6.13. The molecule has 0 aliphatic heterocycles. The minimum absolute atomic E-state index is 0.115. The zero-order chi connectivity index (χ0) is 23.9. The molecule has 0 spiro atoms. The Morgan fingerprint density at radius 1 is 1.18 bits per heavy atom. The van der Waals surface area contributed by atoms with Crippen LogP contribution in [0.15, 0.2) is 61.1 Å². The van der Waals surface area contributed by atoms with Crippen LogP contribution in [-0.4, -0.2) is 26.6 Å². The first-order chi connectivity index (χ1) is 16.4. The van der Waals surface area contributed by atoms with Crippen molar-refractivity contribution in [2.45, 2.75) is 24.9 Å². The third-order valence-electron chi connectivity index (χ3n) is 5.93. The maximum atomic E-state index is 14.2. The summed E-state index contributed by atoms with van der Waals surface area (Å²) in [6, 6.07) is 11.7. The van der Waals surface area contributed by atoms with Crippen LogP contribution >= 0.6 is 0 Å². The van der Waals surface area contributed by atoms with Gasteiger partial charge in [-0.05, 0) is 23.8 Å². The van der Waals surface area contributed by atoms with Crippen molar-refractivity contribution >= 4 is 28.4 Å². The van der Waals surface area contributed by atoms with Gasteiger partial charge in [0, 0.05) is 41.7 Å². The van der Waals surface area contributed by atoms with E-state index in [0.717, 1.165) is 18.4 Å². The van der Waals surface area contributed by atoms with Gasteiger partial charge in [-0.25, -0.2) is 11.0 Å². The molecule has 168 valence electrons. The summed E-state index contributed by atoms with van der Waals surface area (Å²) in [6.45, 7) is 7.37. The predicted octanol–water partition coefficient (Wildman–Crippen LogP) is 3.88. The topological polar surface area (TPSA) is 107 Å². The summed E-state index contributed by atoms with van der Waals surface area (Å²) in [7, 11) is 0. The van der Waals surface area contributed by atoms with Crippen molar-refractivity contribution in [3.63, 3.8) is 0 Å². The molecule has 9 heteroatoms. The van der Waals surface area contributed by atoms with Crippen LogP contribution in [0.1, 0.15) is 28.8 Å². The lowest BCUT2D eigenvalue weighted by molar-refractivity contribution is -0.118. The van der Waals surface area contributed by atoms with Crippen molar-refractivity contribution in [3.05, 3.63) is 89.4 Å². The summed E-state index contributed by atoms with van der Waals surface area (Å²) in [4.78, 5) is 32.5. The molecule has 2 aromatic carbocycles. The van der Waals surface area contributed by atoms with Gasteiger partial charge in [-0.3, -0.25) is 19.3 Å². The number of halogens is 1. The minimum atomic E-state index is -0.557. The van der Waals surface area contributed by atoms with Gasteiger partial charge >= 0.3 is 0 Å². The number of hydrogen-bond acceptors (Lipinski definition) is 4. The fourth-order valence-corrected chi connectivity index (χ4v) is 4.05. The Kier molecular flexibility index (Phi) is 5.06. The van der Waals surface area contributed by atoms with E-state index in [2.05, 4.69) is 20.2 Å². The number of carbonyl (C=O) groups excluding carboxylic acids is 2. The number of carbonyl (C=O) groups is 2. The fraction of sp³-hybridized carbons (Fsp3) is 0.160. The van der Waals surface area contributed by atoms with Crippen LogP contribution in [-0.2, 0) is 16.9 Å². The van der Waals surface area contributed by atoms with Crippen LogP contribution < -0.4 is 11.1 Å². The number of nitrogens with two attached hydrogens (primary N) is 1. The van der Waals surface area contributed by atoms with Gasteiger partial charge in [0.25, 0.3) is 11.4 Å². The Bertz CT molecular complexity index is 1480. The molecular weight excluding hydrogens is 435 g/mol. The summed E-state index contributed by atoms with van der Waals surface area (Å²) >= 11 is 0. The predicted molar refractivity (Wildman–Crippen MR) is 124 cm³/mol. The first kappa shape index (κ1) is 21.3. The number of rotatable bonds is 6. The summed E-state index contributed by atoms with van der Waals surface area (Å²) in [5, 5.41) is 7.25. The number of primary amides is 1. The molecule has 0 bridgehead atoms. The summed E-state index contributed by atoms with van der Waals surface area (Å²) in [5.74, 6) is -1.46. The Labute approximate surface area is 194 Å². The standard InChI is InChI=1S/C25H19FN6O2/c1-28-25(8-9-25)16-4-2-15(3-5-16)23-19-10-17(26)6-7-21(19)29-12-20(23)24(34)31-18-11-30-32(13-18)14-22(27)33/h2-7,10-13H,8-9,14H2,(H2,27,33)(H,31,34). The molecule has 0 saturated heterocycles. The quantitative estimate of drug-likeness (QED) is 0.431. The second kappa shape index (κ2) is 8.08. The van der Waals surface area contributed by atoms with Gasteiger partial charge in [-0.1, -0.05) is 24.3 Å². The SMILES string of the molecule is [C-]#[N+]C1(c2ccc(-c3c(C(=O)Nc4cnn(CC(N)=O)c4)cnc4ccc(F)cc34)cc2)CC1. The lowest BCUT2D eigenvalue weighted by Gasteiger charge is -2.14. The maximum Gasteiger partial charge on any atom is 0.258 e. The van der Waals surface area contributed by atoms with Crippen molar-refractivity contribution in [2.24, 2.45) is 5.73 Å². The van der Waals surface area contributed by atoms with Gasteiger partial charge in [0.2, 0.25) is 5.91 Å². The Morgan fingerprint density at radius 3 is 2.62 bits per heavy atom. The number of aromatic nitrogens is 3. The summed E-state index contributed by atoms with van der Waals surface area (Å²) in [5.41, 5.74) is 8.08. The van der Waals surface area contributed by atoms with E-state index >= 15 is 0 Å². The number of nitrogens with one attached hydrogen (secondary N) is 1. The van der Waals surface area contributed by atoms with E-state index < -0.39 is 23.2 Å². The number of pyridine rings is 1. The summed E-state index contributed by atoms with van der Waals surface area (Å²) in [6.07, 6.45) is 6.01. The Balaban J connectivity index is 1.56. The van der Waals surface area contributed by atoms with Gasteiger partial charge in [0.15, 0.2) is 0 Å². The number of nitrogens with zero attached hydrogens (tertiary/aromatic N) is 4. The van der Waals surface area contributed by atoms with Crippen LogP contribution in [0.2, 0.25) is 0 Å². The molecular formula is C25H19FN6O2. The van der Waals surface area contributed by atoms with Crippen molar-refractivity contribution in [1.82, 2.24) is 14.8 Å². The first-order valence-electron chi connectivity index (χ1n) is 10.6. The van der Waals surface area contributed by atoms with Crippen molar-refractivity contribution < 1.29 is 14.0 Å². The molecule has 1 saturated carbocycles. The fourth-order valence-electron chi connectivity index (χ4n) is 4.05. The molecule has 2 amide bonds. The molecule has 0 radical (unpaired) electrons. The minimum Gasteiger partial charge on any atom is -0.368 e. The molecule has 2 aromatic heterocycles.